The molecule has 1 rings (SSSR count). The van der Waals surface area contributed by atoms with Gasteiger partial charge in [0, 0.05) is 4.47 Å². The molecule has 1 aromatic rings. The number of halogens is 1. The molecule has 5 heteroatoms. The van der Waals surface area contributed by atoms with Crippen LogP contribution in [0.15, 0.2) is 22.7 Å². The van der Waals surface area contributed by atoms with Crippen LogP contribution in [-0.4, -0.2) is 5.91 Å². The summed E-state index contributed by atoms with van der Waals surface area (Å²) >= 11 is 3.22. The molecule has 0 fully saturated rings. The lowest BCUT2D eigenvalue weighted by molar-refractivity contribution is -0.115. The Kier molecular flexibility index (Phi) is 3.84. The first-order valence-corrected chi connectivity index (χ1v) is 4.83. The second-order valence-electron chi connectivity index (χ2n) is 2.68. The molecule has 0 heterocycles. The van der Waals surface area contributed by atoms with E-state index in [0.29, 0.717) is 11.3 Å². The highest BCUT2D eigenvalue weighted by Crippen LogP contribution is 2.20. The Labute approximate surface area is 95.3 Å². The summed E-state index contributed by atoms with van der Waals surface area (Å²) in [5.41, 5.74) is 0.775. The van der Waals surface area contributed by atoms with Crippen molar-refractivity contribution in [1.82, 2.24) is 0 Å². The fraction of sp³-hybridized carbons (Fsp3) is 0.100. The molecule has 0 atom stereocenters. The lowest BCUT2D eigenvalue weighted by Gasteiger charge is -2.04. The van der Waals surface area contributed by atoms with Crippen molar-refractivity contribution in [1.29, 1.82) is 10.5 Å². The Balaban J connectivity index is 2.92. The highest BCUT2D eigenvalue weighted by Gasteiger charge is 2.06. The maximum Gasteiger partial charge on any atom is 0.238 e. The monoisotopic (exact) mass is 263 g/mol. The largest absolute Gasteiger partial charge is 0.324 e. The molecule has 1 aromatic carbocycles. The van der Waals surface area contributed by atoms with Gasteiger partial charge in [-0.25, -0.2) is 0 Å². The second kappa shape index (κ2) is 5.14. The van der Waals surface area contributed by atoms with Crippen LogP contribution < -0.4 is 5.32 Å². The molecule has 0 saturated heterocycles. The van der Waals surface area contributed by atoms with Crippen molar-refractivity contribution in [3.63, 3.8) is 0 Å². The summed E-state index contributed by atoms with van der Waals surface area (Å²) in [6, 6.07) is 8.61. The van der Waals surface area contributed by atoms with E-state index in [1.807, 2.05) is 6.07 Å². The molecule has 0 unspecified atom stereocenters. The molecule has 0 aliphatic heterocycles. The molecule has 0 aliphatic rings. The van der Waals surface area contributed by atoms with Crippen molar-refractivity contribution in [3.05, 3.63) is 28.2 Å². The van der Waals surface area contributed by atoms with Crippen molar-refractivity contribution < 1.29 is 4.79 Å². The normalized spacial score (nSPS) is 8.73. The number of nitrogens with zero attached hydrogens (tertiary/aromatic N) is 2. The fourth-order valence-electron chi connectivity index (χ4n) is 0.984. The summed E-state index contributed by atoms with van der Waals surface area (Å²) < 4.78 is 0.761. The minimum absolute atomic E-state index is 0.221. The van der Waals surface area contributed by atoms with Gasteiger partial charge in [0.25, 0.3) is 0 Å². The Morgan fingerprint density at radius 1 is 1.47 bits per heavy atom. The number of hydrogen-bond acceptors (Lipinski definition) is 3. The molecule has 4 nitrogen and oxygen atoms in total. The number of carbonyl (C=O) groups excluding carboxylic acids is 1. The zero-order valence-corrected chi connectivity index (χ0v) is 9.21. The van der Waals surface area contributed by atoms with Gasteiger partial charge < -0.3 is 5.32 Å². The second-order valence-corrected chi connectivity index (χ2v) is 3.60. The molecular weight excluding hydrogens is 258 g/mol. The molecular formula is C10H6BrN3O. The van der Waals surface area contributed by atoms with Crippen LogP contribution in [0.25, 0.3) is 0 Å². The number of nitrogens with one attached hydrogen (secondary N) is 1. The van der Waals surface area contributed by atoms with Crippen molar-refractivity contribution in [2.24, 2.45) is 0 Å². The fourth-order valence-corrected chi connectivity index (χ4v) is 1.35. The number of benzene rings is 1. The number of anilines is 1. The maximum absolute atomic E-state index is 11.1. The Morgan fingerprint density at radius 2 is 2.20 bits per heavy atom. The van der Waals surface area contributed by atoms with Crippen molar-refractivity contribution in [2.75, 3.05) is 5.32 Å². The van der Waals surface area contributed by atoms with E-state index >= 15 is 0 Å². The predicted molar refractivity (Wildman–Crippen MR) is 57.7 cm³/mol. The molecule has 1 amide bonds. The standard InChI is InChI=1S/C10H6BrN3O/c11-8-1-2-9(7(5-8)6-13)14-10(15)3-4-12/h1-2,5H,3H2,(H,14,15). The topological polar surface area (TPSA) is 76.7 Å². The third-order valence-corrected chi connectivity index (χ3v) is 2.11. The third-order valence-electron chi connectivity index (χ3n) is 1.62. The van der Waals surface area contributed by atoms with Gasteiger partial charge in [-0.1, -0.05) is 15.9 Å². The first kappa shape index (κ1) is 11.2. The number of rotatable bonds is 2. The van der Waals surface area contributed by atoms with Crippen LogP contribution in [0.3, 0.4) is 0 Å². The Hall–Kier alpha value is -1.85. The number of nitriles is 2. The van der Waals surface area contributed by atoms with E-state index in [2.05, 4.69) is 21.2 Å². The molecule has 0 aromatic heterocycles. The van der Waals surface area contributed by atoms with Gasteiger partial charge in [0.05, 0.1) is 17.3 Å². The van der Waals surface area contributed by atoms with Gasteiger partial charge in [0.15, 0.2) is 0 Å². The van der Waals surface area contributed by atoms with Gasteiger partial charge in [-0.15, -0.1) is 0 Å². The predicted octanol–water partition coefficient (Wildman–Crippen LogP) is 2.17. The average Bonchev–Trinajstić information content (AvgIpc) is 2.21. The summed E-state index contributed by atoms with van der Waals surface area (Å²) in [5.74, 6) is -0.420. The minimum Gasteiger partial charge on any atom is -0.324 e. The van der Waals surface area contributed by atoms with Gasteiger partial charge >= 0.3 is 0 Å². The third kappa shape index (κ3) is 3.08. The minimum atomic E-state index is -0.420. The molecule has 74 valence electrons. The number of hydrogen-bond donors (Lipinski definition) is 1. The van der Waals surface area contributed by atoms with Crippen molar-refractivity contribution >= 4 is 27.5 Å². The van der Waals surface area contributed by atoms with E-state index in [4.69, 9.17) is 10.5 Å². The first-order chi connectivity index (χ1) is 7.17. The van der Waals surface area contributed by atoms with E-state index in [0.717, 1.165) is 4.47 Å². The van der Waals surface area contributed by atoms with Gasteiger partial charge in [0.1, 0.15) is 12.5 Å². The highest BCUT2D eigenvalue weighted by molar-refractivity contribution is 9.10. The van der Waals surface area contributed by atoms with Crippen LogP contribution in [0, 0.1) is 22.7 Å². The van der Waals surface area contributed by atoms with Crippen LogP contribution in [0.1, 0.15) is 12.0 Å². The summed E-state index contributed by atoms with van der Waals surface area (Å²) in [7, 11) is 0. The molecule has 0 saturated carbocycles. The van der Waals surface area contributed by atoms with Crippen LogP contribution in [0.5, 0.6) is 0 Å². The smallest absolute Gasteiger partial charge is 0.238 e. The zero-order valence-electron chi connectivity index (χ0n) is 7.62. The first-order valence-electron chi connectivity index (χ1n) is 4.04. The van der Waals surface area contributed by atoms with Gasteiger partial charge in [-0.05, 0) is 18.2 Å². The number of carbonyl (C=O) groups is 1. The van der Waals surface area contributed by atoms with E-state index in [-0.39, 0.29) is 6.42 Å². The van der Waals surface area contributed by atoms with E-state index in [1.54, 1.807) is 24.3 Å². The van der Waals surface area contributed by atoms with Gasteiger partial charge in [-0.3, -0.25) is 4.79 Å². The zero-order chi connectivity index (χ0) is 11.3. The van der Waals surface area contributed by atoms with Crippen LogP contribution >= 0.6 is 15.9 Å². The summed E-state index contributed by atoms with van der Waals surface area (Å²) in [5, 5.41) is 19.6. The highest BCUT2D eigenvalue weighted by atomic mass is 79.9. The quantitative estimate of drug-likeness (QED) is 0.889. The van der Waals surface area contributed by atoms with Crippen LogP contribution in [0.4, 0.5) is 5.69 Å². The molecule has 0 spiro atoms. The molecule has 15 heavy (non-hydrogen) atoms. The summed E-state index contributed by atoms with van der Waals surface area (Å²) in [4.78, 5) is 11.1. The van der Waals surface area contributed by atoms with Crippen molar-refractivity contribution in [3.8, 4) is 12.1 Å². The molecule has 0 bridgehead atoms. The van der Waals surface area contributed by atoms with Crippen molar-refractivity contribution in [2.45, 2.75) is 6.42 Å². The molecule has 0 aliphatic carbocycles. The summed E-state index contributed by atoms with van der Waals surface area (Å²) in [6.07, 6.45) is -0.221. The van der Waals surface area contributed by atoms with Gasteiger partial charge in [0.2, 0.25) is 5.91 Å². The lowest BCUT2D eigenvalue weighted by atomic mass is 10.2. The van der Waals surface area contributed by atoms with Gasteiger partial charge in [-0.2, -0.15) is 10.5 Å². The Morgan fingerprint density at radius 3 is 2.80 bits per heavy atom. The van der Waals surface area contributed by atoms with E-state index in [9.17, 15) is 4.79 Å². The Bertz CT molecular complexity index is 471. The number of amides is 1. The van der Waals surface area contributed by atoms with Crippen LogP contribution in [-0.2, 0) is 4.79 Å². The summed E-state index contributed by atoms with van der Waals surface area (Å²) in [6.45, 7) is 0. The SMILES string of the molecule is N#CCC(=O)Nc1ccc(Br)cc1C#N. The average molecular weight is 264 g/mol. The molecule has 1 N–H and O–H groups in total. The van der Waals surface area contributed by atoms with E-state index < -0.39 is 5.91 Å². The maximum atomic E-state index is 11.1. The van der Waals surface area contributed by atoms with E-state index in [1.165, 1.54) is 0 Å². The van der Waals surface area contributed by atoms with Crippen LogP contribution in [0.2, 0.25) is 0 Å². The lowest BCUT2D eigenvalue weighted by Crippen LogP contribution is -2.11. The molecule has 0 radical (unpaired) electrons.